The van der Waals surface area contributed by atoms with Crippen LogP contribution >= 0.6 is 0 Å². The second-order valence-electron chi connectivity index (χ2n) is 5.74. The van der Waals surface area contributed by atoms with Gasteiger partial charge in [0, 0.05) is 12.2 Å². The van der Waals surface area contributed by atoms with Gasteiger partial charge in [-0.2, -0.15) is 0 Å². The third kappa shape index (κ3) is 3.65. The molecule has 0 aliphatic carbocycles. The van der Waals surface area contributed by atoms with Crippen LogP contribution in [0, 0.1) is 0 Å². The molecule has 1 saturated heterocycles. The molecule has 0 radical (unpaired) electrons. The fraction of sp³-hybridized carbons (Fsp3) is 0.316. The van der Waals surface area contributed by atoms with E-state index in [4.69, 9.17) is 4.74 Å². The molecule has 1 fully saturated rings. The van der Waals surface area contributed by atoms with Crippen molar-refractivity contribution in [3.8, 4) is 5.75 Å². The van der Waals surface area contributed by atoms with E-state index in [-0.39, 0.29) is 11.9 Å². The van der Waals surface area contributed by atoms with Crippen molar-refractivity contribution in [1.82, 2.24) is 4.90 Å². The van der Waals surface area contributed by atoms with Crippen LogP contribution in [0.25, 0.3) is 0 Å². The van der Waals surface area contributed by atoms with Gasteiger partial charge in [0.1, 0.15) is 5.75 Å². The predicted molar refractivity (Wildman–Crippen MR) is 91.6 cm³/mol. The van der Waals surface area contributed by atoms with Crippen LogP contribution in [0.3, 0.4) is 0 Å². The Kier molecular flexibility index (Phi) is 4.81. The number of nitrogens with zero attached hydrogens (tertiary/aromatic N) is 1. The second kappa shape index (κ2) is 7.18. The smallest absolute Gasteiger partial charge is 0.242 e. The maximum Gasteiger partial charge on any atom is 0.242 e. The number of methoxy groups -OCH3 is 1. The summed E-state index contributed by atoms with van der Waals surface area (Å²) in [7, 11) is 1.66. The largest absolute Gasteiger partial charge is 0.497 e. The zero-order chi connectivity index (χ0) is 16.1. The van der Waals surface area contributed by atoms with Gasteiger partial charge in [0.15, 0.2) is 0 Å². The highest BCUT2D eigenvalue weighted by atomic mass is 16.5. The Morgan fingerprint density at radius 2 is 1.91 bits per heavy atom. The van der Waals surface area contributed by atoms with E-state index < -0.39 is 0 Å². The minimum Gasteiger partial charge on any atom is -0.497 e. The molecular weight excluding hydrogens is 288 g/mol. The molecule has 4 nitrogen and oxygen atoms in total. The van der Waals surface area contributed by atoms with E-state index in [0.717, 1.165) is 30.8 Å². The molecule has 3 rings (SSSR count). The molecule has 120 valence electrons. The van der Waals surface area contributed by atoms with Crippen LogP contribution < -0.4 is 10.1 Å². The van der Waals surface area contributed by atoms with Gasteiger partial charge >= 0.3 is 0 Å². The molecule has 1 amide bonds. The summed E-state index contributed by atoms with van der Waals surface area (Å²) in [5.41, 5.74) is 2.15. The van der Waals surface area contributed by atoms with Gasteiger partial charge in [0.2, 0.25) is 5.91 Å². The van der Waals surface area contributed by atoms with E-state index in [9.17, 15) is 4.79 Å². The van der Waals surface area contributed by atoms with Crippen molar-refractivity contribution in [2.45, 2.75) is 18.9 Å². The number of carbonyl (C=O) groups is 1. The predicted octanol–water partition coefficient (Wildman–Crippen LogP) is 3.47. The molecule has 1 heterocycles. The summed E-state index contributed by atoms with van der Waals surface area (Å²) in [5, 5.41) is 3.20. The maximum absolute atomic E-state index is 12.6. The molecule has 1 unspecified atom stereocenters. The summed E-state index contributed by atoms with van der Waals surface area (Å²) in [5.74, 6) is 0.988. The fourth-order valence-corrected chi connectivity index (χ4v) is 3.07. The van der Waals surface area contributed by atoms with Crippen molar-refractivity contribution >= 4 is 11.6 Å². The van der Waals surface area contributed by atoms with Crippen LogP contribution in [-0.2, 0) is 4.79 Å². The summed E-state index contributed by atoms with van der Waals surface area (Å²) in [6.45, 7) is 1.16. The molecule has 0 aromatic heterocycles. The highest BCUT2D eigenvalue weighted by Gasteiger charge is 2.29. The number of hydrogen-bond donors (Lipinski definition) is 1. The van der Waals surface area contributed by atoms with Gasteiger partial charge in [0.05, 0.1) is 19.7 Å². The van der Waals surface area contributed by atoms with Gasteiger partial charge in [-0.25, -0.2) is 0 Å². The van der Waals surface area contributed by atoms with Crippen LogP contribution in [0.2, 0.25) is 0 Å². The van der Waals surface area contributed by atoms with Gasteiger partial charge in [-0.15, -0.1) is 0 Å². The Balaban J connectivity index is 1.64. The normalized spacial score (nSPS) is 17.1. The van der Waals surface area contributed by atoms with Crippen molar-refractivity contribution in [2.75, 3.05) is 25.5 Å². The lowest BCUT2D eigenvalue weighted by Crippen LogP contribution is -2.35. The monoisotopic (exact) mass is 310 g/mol. The van der Waals surface area contributed by atoms with Gasteiger partial charge < -0.3 is 15.0 Å². The molecule has 1 aliphatic heterocycles. The molecule has 23 heavy (non-hydrogen) atoms. The Morgan fingerprint density at radius 3 is 2.61 bits per heavy atom. The Bertz CT molecular complexity index is 640. The van der Waals surface area contributed by atoms with E-state index in [2.05, 4.69) is 17.4 Å². The van der Waals surface area contributed by atoms with Crippen molar-refractivity contribution in [1.29, 1.82) is 0 Å². The van der Waals surface area contributed by atoms with E-state index in [1.165, 1.54) is 5.56 Å². The number of nitrogens with one attached hydrogen (secondary N) is 1. The standard InChI is InChI=1S/C19H22N2O2/c1-23-17-11-9-15(10-12-17)18-8-5-13-21(18)19(22)14-20-16-6-3-2-4-7-16/h2-4,6-7,9-12,18,20H,5,8,13-14H2,1H3. The first-order valence-electron chi connectivity index (χ1n) is 8.00. The number of benzene rings is 2. The summed E-state index contributed by atoms with van der Waals surface area (Å²) < 4.78 is 5.20. The van der Waals surface area contributed by atoms with Crippen LogP contribution in [0.4, 0.5) is 5.69 Å². The molecule has 1 N–H and O–H groups in total. The summed E-state index contributed by atoms with van der Waals surface area (Å²) in [4.78, 5) is 14.5. The van der Waals surface area contributed by atoms with Crippen molar-refractivity contribution in [3.63, 3.8) is 0 Å². The number of para-hydroxylation sites is 1. The maximum atomic E-state index is 12.6. The minimum atomic E-state index is 0.146. The first-order chi connectivity index (χ1) is 11.3. The molecule has 0 saturated carbocycles. The first-order valence-corrected chi connectivity index (χ1v) is 8.00. The average Bonchev–Trinajstić information content (AvgIpc) is 3.10. The van der Waals surface area contributed by atoms with Crippen LogP contribution in [0.1, 0.15) is 24.4 Å². The zero-order valence-corrected chi connectivity index (χ0v) is 13.4. The molecule has 2 aromatic carbocycles. The van der Waals surface area contributed by atoms with Gasteiger partial charge in [-0.3, -0.25) is 4.79 Å². The number of rotatable bonds is 5. The lowest BCUT2D eigenvalue weighted by molar-refractivity contribution is -0.130. The highest BCUT2D eigenvalue weighted by Crippen LogP contribution is 2.32. The Morgan fingerprint density at radius 1 is 1.17 bits per heavy atom. The van der Waals surface area contributed by atoms with E-state index in [1.807, 2.05) is 47.4 Å². The van der Waals surface area contributed by atoms with E-state index in [1.54, 1.807) is 7.11 Å². The van der Waals surface area contributed by atoms with Gasteiger partial charge in [-0.05, 0) is 42.7 Å². The first kappa shape index (κ1) is 15.4. The Labute approximate surface area is 137 Å². The van der Waals surface area contributed by atoms with E-state index in [0.29, 0.717) is 6.54 Å². The number of ether oxygens (including phenoxy) is 1. The molecular formula is C19H22N2O2. The quantitative estimate of drug-likeness (QED) is 0.919. The van der Waals surface area contributed by atoms with Crippen LogP contribution in [0.5, 0.6) is 5.75 Å². The van der Waals surface area contributed by atoms with Gasteiger partial charge in [0.25, 0.3) is 0 Å². The molecule has 0 spiro atoms. The third-order valence-electron chi connectivity index (χ3n) is 4.29. The molecule has 4 heteroatoms. The number of anilines is 1. The number of carbonyl (C=O) groups excluding carboxylic acids is 1. The van der Waals surface area contributed by atoms with Crippen LogP contribution in [-0.4, -0.2) is 31.0 Å². The summed E-state index contributed by atoms with van der Waals surface area (Å²) in [6.07, 6.45) is 2.07. The van der Waals surface area contributed by atoms with E-state index >= 15 is 0 Å². The van der Waals surface area contributed by atoms with Gasteiger partial charge in [-0.1, -0.05) is 30.3 Å². The molecule has 1 atom stereocenters. The molecule has 0 bridgehead atoms. The Hall–Kier alpha value is -2.49. The number of likely N-dealkylation sites (tertiary alicyclic amines) is 1. The second-order valence-corrected chi connectivity index (χ2v) is 5.74. The van der Waals surface area contributed by atoms with Crippen LogP contribution in [0.15, 0.2) is 54.6 Å². The van der Waals surface area contributed by atoms with Crippen molar-refractivity contribution in [3.05, 3.63) is 60.2 Å². The highest BCUT2D eigenvalue weighted by molar-refractivity contribution is 5.81. The summed E-state index contributed by atoms with van der Waals surface area (Å²) in [6, 6.07) is 18.0. The average molecular weight is 310 g/mol. The number of hydrogen-bond acceptors (Lipinski definition) is 3. The third-order valence-corrected chi connectivity index (χ3v) is 4.29. The zero-order valence-electron chi connectivity index (χ0n) is 13.4. The minimum absolute atomic E-state index is 0.146. The lowest BCUT2D eigenvalue weighted by Gasteiger charge is -2.25. The topological polar surface area (TPSA) is 41.6 Å². The van der Waals surface area contributed by atoms with Crippen molar-refractivity contribution < 1.29 is 9.53 Å². The molecule has 2 aromatic rings. The number of amides is 1. The summed E-state index contributed by atoms with van der Waals surface area (Å²) >= 11 is 0. The fourth-order valence-electron chi connectivity index (χ4n) is 3.07. The lowest BCUT2D eigenvalue weighted by atomic mass is 10.0. The molecule has 1 aliphatic rings. The van der Waals surface area contributed by atoms with Crippen molar-refractivity contribution in [2.24, 2.45) is 0 Å². The SMILES string of the molecule is COc1ccc(C2CCCN2C(=O)CNc2ccccc2)cc1.